The number of rotatable bonds is 4. The molecule has 3 heteroatoms. The zero-order chi connectivity index (χ0) is 13.1. The van der Waals surface area contributed by atoms with Gasteiger partial charge in [0.2, 0.25) is 0 Å². The van der Waals surface area contributed by atoms with Crippen molar-refractivity contribution < 1.29 is 0 Å². The van der Waals surface area contributed by atoms with Crippen LogP contribution in [0.2, 0.25) is 0 Å². The van der Waals surface area contributed by atoms with Crippen molar-refractivity contribution in [2.75, 3.05) is 7.05 Å². The fourth-order valence-electron chi connectivity index (χ4n) is 3.59. The molecule has 0 saturated heterocycles. The molecule has 3 nitrogen and oxygen atoms in total. The van der Waals surface area contributed by atoms with Crippen LogP contribution >= 0.6 is 0 Å². The molecule has 0 spiro atoms. The molecule has 104 valence electrons. The lowest BCUT2D eigenvalue weighted by molar-refractivity contribution is 0.0109. The van der Waals surface area contributed by atoms with Gasteiger partial charge in [-0.2, -0.15) is 0 Å². The summed E-state index contributed by atoms with van der Waals surface area (Å²) in [5.74, 6) is 0. The third-order valence-corrected chi connectivity index (χ3v) is 5.15. The Bertz CT molecular complexity index is 275. The lowest BCUT2D eigenvalue weighted by atomic mass is 9.81. The topological polar surface area (TPSA) is 39.1 Å². The standard InChI is InChI=1S/C15H29N3/c1-14(9-5-3-6-10-14)18(2)17-15(13-16)11-7-4-8-12-15/h13,16-17H,3-12H2,1-2H3. The Morgan fingerprint density at radius 2 is 1.44 bits per heavy atom. The average Bonchev–Trinajstić information content (AvgIpc) is 2.40. The maximum absolute atomic E-state index is 7.80. The Balaban J connectivity index is 1.99. The van der Waals surface area contributed by atoms with Gasteiger partial charge in [-0.3, -0.25) is 0 Å². The Morgan fingerprint density at radius 1 is 0.944 bits per heavy atom. The minimum Gasteiger partial charge on any atom is -0.311 e. The second kappa shape index (κ2) is 5.70. The summed E-state index contributed by atoms with van der Waals surface area (Å²) in [7, 11) is 2.19. The monoisotopic (exact) mass is 251 g/mol. The first kappa shape index (κ1) is 14.0. The van der Waals surface area contributed by atoms with Crippen LogP contribution in [0.4, 0.5) is 0 Å². The van der Waals surface area contributed by atoms with Crippen LogP contribution in [-0.2, 0) is 0 Å². The van der Waals surface area contributed by atoms with Crippen molar-refractivity contribution in [2.24, 2.45) is 0 Å². The largest absolute Gasteiger partial charge is 0.311 e. The third kappa shape index (κ3) is 2.94. The first-order chi connectivity index (χ1) is 8.60. The van der Waals surface area contributed by atoms with Crippen molar-refractivity contribution in [1.82, 2.24) is 10.4 Å². The molecule has 2 N–H and O–H groups in total. The molecule has 2 fully saturated rings. The second-order valence-electron chi connectivity index (χ2n) is 6.59. The van der Waals surface area contributed by atoms with Crippen LogP contribution in [0.5, 0.6) is 0 Å². The molecule has 0 unspecified atom stereocenters. The smallest absolute Gasteiger partial charge is 0.0669 e. The molecule has 0 aromatic rings. The summed E-state index contributed by atoms with van der Waals surface area (Å²) in [5.41, 5.74) is 3.90. The van der Waals surface area contributed by atoms with E-state index in [0.29, 0.717) is 0 Å². The number of hydrogen-bond acceptors (Lipinski definition) is 3. The Morgan fingerprint density at radius 3 is 1.94 bits per heavy atom. The van der Waals surface area contributed by atoms with Gasteiger partial charge in [0.05, 0.1) is 5.54 Å². The van der Waals surface area contributed by atoms with E-state index in [1.165, 1.54) is 51.4 Å². The van der Waals surface area contributed by atoms with Crippen molar-refractivity contribution in [3.8, 4) is 0 Å². The van der Waals surface area contributed by atoms with Crippen LogP contribution in [0.25, 0.3) is 0 Å². The summed E-state index contributed by atoms with van der Waals surface area (Å²) in [6, 6.07) is 0. The van der Waals surface area contributed by atoms with Crippen LogP contribution in [0.15, 0.2) is 0 Å². The summed E-state index contributed by atoms with van der Waals surface area (Å²) in [6.45, 7) is 2.37. The summed E-state index contributed by atoms with van der Waals surface area (Å²) in [6.07, 6.45) is 14.4. The highest BCUT2D eigenvalue weighted by molar-refractivity contribution is 5.67. The summed E-state index contributed by atoms with van der Waals surface area (Å²) in [5, 5.41) is 10.1. The van der Waals surface area contributed by atoms with E-state index in [0.717, 1.165) is 12.8 Å². The Hall–Kier alpha value is -0.410. The van der Waals surface area contributed by atoms with Crippen LogP contribution in [0.3, 0.4) is 0 Å². The molecule has 0 atom stereocenters. The van der Waals surface area contributed by atoms with Crippen molar-refractivity contribution >= 4 is 6.21 Å². The molecule has 2 aliphatic rings. The SMILES string of the molecule is CN(NC1(C=N)CCCCC1)C1(C)CCCCC1. The van der Waals surface area contributed by atoms with Gasteiger partial charge in [0, 0.05) is 18.8 Å². The van der Waals surface area contributed by atoms with Gasteiger partial charge in [0.15, 0.2) is 0 Å². The highest BCUT2D eigenvalue weighted by Crippen LogP contribution is 2.34. The fraction of sp³-hybridized carbons (Fsp3) is 0.933. The molecule has 18 heavy (non-hydrogen) atoms. The van der Waals surface area contributed by atoms with Gasteiger partial charge < -0.3 is 5.41 Å². The van der Waals surface area contributed by atoms with Gasteiger partial charge in [0.25, 0.3) is 0 Å². The van der Waals surface area contributed by atoms with E-state index >= 15 is 0 Å². The lowest BCUT2D eigenvalue weighted by Crippen LogP contribution is -2.62. The van der Waals surface area contributed by atoms with Crippen molar-refractivity contribution in [2.45, 2.75) is 82.2 Å². The van der Waals surface area contributed by atoms with E-state index in [1.54, 1.807) is 6.21 Å². The number of nitrogens with zero attached hydrogens (tertiary/aromatic N) is 1. The van der Waals surface area contributed by atoms with Crippen LogP contribution in [0.1, 0.15) is 71.1 Å². The van der Waals surface area contributed by atoms with E-state index in [4.69, 9.17) is 5.41 Å². The minimum absolute atomic E-state index is 0.0620. The van der Waals surface area contributed by atoms with E-state index in [9.17, 15) is 0 Å². The van der Waals surface area contributed by atoms with Crippen LogP contribution in [-0.4, -0.2) is 29.3 Å². The first-order valence-corrected chi connectivity index (χ1v) is 7.64. The predicted molar refractivity (Wildman–Crippen MR) is 77.0 cm³/mol. The number of hydrogen-bond donors (Lipinski definition) is 2. The highest BCUT2D eigenvalue weighted by atomic mass is 15.5. The molecule has 0 radical (unpaired) electrons. The lowest BCUT2D eigenvalue weighted by Gasteiger charge is -2.47. The van der Waals surface area contributed by atoms with Gasteiger partial charge in [-0.1, -0.05) is 38.5 Å². The van der Waals surface area contributed by atoms with Crippen LogP contribution in [0, 0.1) is 5.41 Å². The Labute approximate surface area is 112 Å². The van der Waals surface area contributed by atoms with E-state index in [2.05, 4.69) is 24.4 Å². The Kier molecular flexibility index (Phi) is 4.44. The van der Waals surface area contributed by atoms with Crippen molar-refractivity contribution in [3.63, 3.8) is 0 Å². The van der Waals surface area contributed by atoms with Crippen molar-refractivity contribution in [3.05, 3.63) is 0 Å². The maximum Gasteiger partial charge on any atom is 0.0669 e. The maximum atomic E-state index is 7.80. The molecule has 0 amide bonds. The van der Waals surface area contributed by atoms with E-state index in [1.807, 2.05) is 0 Å². The molecule has 2 aliphatic carbocycles. The minimum atomic E-state index is -0.0620. The molecule has 2 saturated carbocycles. The summed E-state index contributed by atoms with van der Waals surface area (Å²) in [4.78, 5) is 0. The number of hydrazine groups is 1. The molecule has 0 bridgehead atoms. The fourth-order valence-corrected chi connectivity index (χ4v) is 3.59. The molecule has 0 heterocycles. The van der Waals surface area contributed by atoms with Gasteiger partial charge in [0.1, 0.15) is 0 Å². The second-order valence-corrected chi connectivity index (χ2v) is 6.59. The number of nitrogens with one attached hydrogen (secondary N) is 2. The van der Waals surface area contributed by atoms with Crippen molar-refractivity contribution in [1.29, 1.82) is 5.41 Å². The zero-order valence-corrected chi connectivity index (χ0v) is 12.1. The summed E-state index contributed by atoms with van der Waals surface area (Å²) >= 11 is 0. The summed E-state index contributed by atoms with van der Waals surface area (Å²) < 4.78 is 0. The zero-order valence-electron chi connectivity index (χ0n) is 12.1. The van der Waals surface area contributed by atoms with Gasteiger partial charge >= 0.3 is 0 Å². The first-order valence-electron chi connectivity index (χ1n) is 7.64. The normalized spacial score (nSPS) is 27.1. The van der Waals surface area contributed by atoms with E-state index < -0.39 is 0 Å². The van der Waals surface area contributed by atoms with Gasteiger partial charge in [-0.15, -0.1) is 0 Å². The molecular weight excluding hydrogens is 222 g/mol. The average molecular weight is 251 g/mol. The van der Waals surface area contributed by atoms with E-state index in [-0.39, 0.29) is 11.1 Å². The van der Waals surface area contributed by atoms with Crippen LogP contribution < -0.4 is 5.43 Å². The molecule has 0 aliphatic heterocycles. The quantitative estimate of drug-likeness (QED) is 0.593. The predicted octanol–water partition coefficient (Wildman–Crippen LogP) is 3.50. The van der Waals surface area contributed by atoms with Gasteiger partial charge in [-0.05, 0) is 32.6 Å². The van der Waals surface area contributed by atoms with Gasteiger partial charge in [-0.25, -0.2) is 10.4 Å². The molecular formula is C15H29N3. The highest BCUT2D eigenvalue weighted by Gasteiger charge is 2.37. The molecule has 2 rings (SSSR count). The molecule has 0 aromatic heterocycles. The third-order valence-electron chi connectivity index (χ3n) is 5.15. The molecule has 0 aromatic carbocycles.